The molecule has 6 heteroatoms. The maximum atomic E-state index is 12.0. The quantitative estimate of drug-likeness (QED) is 0.888. The maximum Gasteiger partial charge on any atom is 0.252 e. The van der Waals surface area contributed by atoms with Crippen LogP contribution in [-0.4, -0.2) is 50.1 Å². The Kier molecular flexibility index (Phi) is 5.45. The van der Waals surface area contributed by atoms with E-state index in [0.29, 0.717) is 22.2 Å². The summed E-state index contributed by atoms with van der Waals surface area (Å²) in [6.07, 6.45) is 0. The summed E-state index contributed by atoms with van der Waals surface area (Å²) >= 11 is 11.9. The Labute approximate surface area is 123 Å². The lowest BCUT2D eigenvalue weighted by Gasteiger charge is -2.27. The molecule has 2 N–H and O–H groups in total. The molecule has 19 heavy (non-hydrogen) atoms. The van der Waals surface area contributed by atoms with Crippen molar-refractivity contribution < 1.29 is 4.79 Å². The number of piperazine rings is 1. The first kappa shape index (κ1) is 14.6. The molecule has 1 aliphatic heterocycles. The highest BCUT2D eigenvalue weighted by Crippen LogP contribution is 2.25. The molecule has 0 atom stereocenters. The molecule has 0 unspecified atom stereocenters. The minimum Gasteiger partial charge on any atom is -0.351 e. The summed E-state index contributed by atoms with van der Waals surface area (Å²) in [6.45, 7) is 5.52. The van der Waals surface area contributed by atoms with E-state index >= 15 is 0 Å². The molecular formula is C13H17Cl2N3O. The fourth-order valence-electron chi connectivity index (χ4n) is 2.04. The maximum absolute atomic E-state index is 12.0. The van der Waals surface area contributed by atoms with Crippen molar-refractivity contribution in [2.45, 2.75) is 0 Å². The number of nitrogens with one attached hydrogen (secondary N) is 2. The van der Waals surface area contributed by atoms with Crippen molar-refractivity contribution in [3.8, 4) is 0 Å². The highest BCUT2D eigenvalue weighted by Gasteiger charge is 2.13. The van der Waals surface area contributed by atoms with Gasteiger partial charge in [0.05, 0.1) is 15.6 Å². The van der Waals surface area contributed by atoms with Gasteiger partial charge in [-0.2, -0.15) is 0 Å². The minimum atomic E-state index is -0.178. The van der Waals surface area contributed by atoms with Crippen LogP contribution in [0.1, 0.15) is 10.4 Å². The van der Waals surface area contributed by atoms with Gasteiger partial charge in [0.2, 0.25) is 0 Å². The Bertz CT molecular complexity index is 448. The molecule has 0 saturated carbocycles. The van der Waals surface area contributed by atoms with Crippen LogP contribution in [0.25, 0.3) is 0 Å². The van der Waals surface area contributed by atoms with Gasteiger partial charge in [-0.3, -0.25) is 9.69 Å². The van der Waals surface area contributed by atoms with E-state index in [1.165, 1.54) is 0 Å². The van der Waals surface area contributed by atoms with Crippen LogP contribution in [0.2, 0.25) is 10.0 Å². The molecule has 1 amide bonds. The Morgan fingerprint density at radius 2 is 2.05 bits per heavy atom. The lowest BCUT2D eigenvalue weighted by molar-refractivity contribution is 0.0947. The van der Waals surface area contributed by atoms with Gasteiger partial charge in [-0.25, -0.2) is 0 Å². The fraction of sp³-hybridized carbons (Fsp3) is 0.462. The topological polar surface area (TPSA) is 44.4 Å². The molecular weight excluding hydrogens is 285 g/mol. The number of nitrogens with zero attached hydrogens (tertiary/aromatic N) is 1. The van der Waals surface area contributed by atoms with Gasteiger partial charge >= 0.3 is 0 Å². The summed E-state index contributed by atoms with van der Waals surface area (Å²) in [7, 11) is 0. The molecule has 1 aromatic carbocycles. The van der Waals surface area contributed by atoms with Crippen molar-refractivity contribution >= 4 is 29.1 Å². The number of benzene rings is 1. The number of carbonyl (C=O) groups is 1. The van der Waals surface area contributed by atoms with Crippen LogP contribution in [0, 0.1) is 0 Å². The molecule has 1 fully saturated rings. The summed E-state index contributed by atoms with van der Waals surface area (Å²) in [5.74, 6) is -0.178. The average Bonchev–Trinajstić information content (AvgIpc) is 2.43. The Morgan fingerprint density at radius 1 is 1.32 bits per heavy atom. The first-order valence-electron chi connectivity index (χ1n) is 6.34. The van der Waals surface area contributed by atoms with Gasteiger partial charge in [0.25, 0.3) is 5.91 Å². The van der Waals surface area contributed by atoms with Gasteiger partial charge in [-0.15, -0.1) is 0 Å². The zero-order valence-electron chi connectivity index (χ0n) is 10.6. The molecule has 1 saturated heterocycles. The van der Waals surface area contributed by atoms with Crippen molar-refractivity contribution in [2.24, 2.45) is 0 Å². The monoisotopic (exact) mass is 301 g/mol. The van der Waals surface area contributed by atoms with Crippen LogP contribution >= 0.6 is 23.2 Å². The summed E-state index contributed by atoms with van der Waals surface area (Å²) in [5.41, 5.74) is 0.425. The summed E-state index contributed by atoms with van der Waals surface area (Å²) in [5, 5.41) is 6.87. The van der Waals surface area contributed by atoms with E-state index in [2.05, 4.69) is 15.5 Å². The standard InChI is InChI=1S/C13H17Cl2N3O/c14-11-3-1-2-10(12(11)15)13(19)17-6-9-18-7-4-16-5-8-18/h1-3,16H,4-9H2,(H,17,19). The smallest absolute Gasteiger partial charge is 0.252 e. The van der Waals surface area contributed by atoms with Crippen molar-refractivity contribution in [1.29, 1.82) is 0 Å². The number of carbonyl (C=O) groups excluding carboxylic acids is 1. The van der Waals surface area contributed by atoms with Crippen LogP contribution in [0.5, 0.6) is 0 Å². The summed E-state index contributed by atoms with van der Waals surface area (Å²) < 4.78 is 0. The number of halogens is 2. The third-order valence-electron chi connectivity index (χ3n) is 3.12. The average molecular weight is 302 g/mol. The third kappa shape index (κ3) is 4.08. The second kappa shape index (κ2) is 7.10. The van der Waals surface area contributed by atoms with Gasteiger partial charge in [-0.05, 0) is 12.1 Å². The highest BCUT2D eigenvalue weighted by molar-refractivity contribution is 6.43. The predicted octanol–water partition coefficient (Wildman–Crippen LogP) is 1.63. The molecule has 2 rings (SSSR count). The number of rotatable bonds is 4. The highest BCUT2D eigenvalue weighted by atomic mass is 35.5. The molecule has 0 radical (unpaired) electrons. The van der Waals surface area contributed by atoms with Crippen LogP contribution < -0.4 is 10.6 Å². The van der Waals surface area contributed by atoms with Gasteiger partial charge in [0, 0.05) is 39.3 Å². The van der Waals surface area contributed by atoms with Crippen molar-refractivity contribution in [3.05, 3.63) is 33.8 Å². The van der Waals surface area contributed by atoms with Crippen LogP contribution in [-0.2, 0) is 0 Å². The van der Waals surface area contributed by atoms with E-state index in [0.717, 1.165) is 32.7 Å². The molecule has 1 heterocycles. The molecule has 1 aromatic rings. The minimum absolute atomic E-state index is 0.178. The Morgan fingerprint density at radius 3 is 2.79 bits per heavy atom. The van der Waals surface area contributed by atoms with Gasteiger partial charge in [0.15, 0.2) is 0 Å². The molecule has 0 bridgehead atoms. The fourth-order valence-corrected chi connectivity index (χ4v) is 2.42. The van der Waals surface area contributed by atoms with Gasteiger partial charge < -0.3 is 10.6 Å². The first-order chi connectivity index (χ1) is 9.18. The SMILES string of the molecule is O=C(NCCN1CCNCC1)c1cccc(Cl)c1Cl. The molecule has 0 spiro atoms. The Hall–Kier alpha value is -0.810. The van der Waals surface area contributed by atoms with Crippen molar-refractivity contribution in [3.63, 3.8) is 0 Å². The lowest BCUT2D eigenvalue weighted by atomic mass is 10.2. The second-order valence-electron chi connectivity index (χ2n) is 4.45. The van der Waals surface area contributed by atoms with E-state index in [9.17, 15) is 4.79 Å². The molecule has 0 aromatic heterocycles. The zero-order valence-corrected chi connectivity index (χ0v) is 12.1. The van der Waals surface area contributed by atoms with E-state index in [1.807, 2.05) is 0 Å². The van der Waals surface area contributed by atoms with E-state index in [4.69, 9.17) is 23.2 Å². The Balaban J connectivity index is 1.82. The van der Waals surface area contributed by atoms with Crippen LogP contribution in [0.3, 0.4) is 0 Å². The van der Waals surface area contributed by atoms with Crippen LogP contribution in [0.4, 0.5) is 0 Å². The molecule has 104 valence electrons. The van der Waals surface area contributed by atoms with Gasteiger partial charge in [-0.1, -0.05) is 29.3 Å². The van der Waals surface area contributed by atoms with E-state index in [1.54, 1.807) is 18.2 Å². The zero-order chi connectivity index (χ0) is 13.7. The lowest BCUT2D eigenvalue weighted by Crippen LogP contribution is -2.46. The number of hydrogen-bond acceptors (Lipinski definition) is 3. The van der Waals surface area contributed by atoms with Crippen molar-refractivity contribution in [1.82, 2.24) is 15.5 Å². The summed E-state index contributed by atoms with van der Waals surface area (Å²) in [4.78, 5) is 14.3. The number of amides is 1. The molecule has 0 aliphatic carbocycles. The predicted molar refractivity (Wildman–Crippen MR) is 78.1 cm³/mol. The molecule has 4 nitrogen and oxygen atoms in total. The van der Waals surface area contributed by atoms with E-state index in [-0.39, 0.29) is 5.91 Å². The van der Waals surface area contributed by atoms with E-state index < -0.39 is 0 Å². The normalized spacial score (nSPS) is 16.3. The van der Waals surface area contributed by atoms with Crippen molar-refractivity contribution in [2.75, 3.05) is 39.3 Å². The largest absolute Gasteiger partial charge is 0.351 e. The number of hydrogen-bond donors (Lipinski definition) is 2. The van der Waals surface area contributed by atoms with Crippen LogP contribution in [0.15, 0.2) is 18.2 Å². The second-order valence-corrected chi connectivity index (χ2v) is 5.23. The first-order valence-corrected chi connectivity index (χ1v) is 7.09. The molecule has 1 aliphatic rings. The third-order valence-corrected chi connectivity index (χ3v) is 3.94. The van der Waals surface area contributed by atoms with Gasteiger partial charge in [0.1, 0.15) is 0 Å². The summed E-state index contributed by atoms with van der Waals surface area (Å²) in [6, 6.07) is 5.06.